The molecule has 2 unspecified atom stereocenters. The molecule has 1 aromatic heterocycles. The molecule has 0 saturated heterocycles. The zero-order valence-corrected chi connectivity index (χ0v) is 16.3. The molecule has 0 aliphatic rings. The van der Waals surface area contributed by atoms with Crippen LogP contribution in [0.15, 0.2) is 28.9 Å². The quantitative estimate of drug-likeness (QED) is 0.540. The Labute approximate surface area is 151 Å². The van der Waals surface area contributed by atoms with Crippen LogP contribution in [0.25, 0.3) is 0 Å². The highest BCUT2D eigenvalue weighted by Gasteiger charge is 2.31. The largest absolute Gasteiger partial charge is 0.481 e. The van der Waals surface area contributed by atoms with Gasteiger partial charge in [-0.05, 0) is 35.6 Å². The SMILES string of the molecule is CCC(c1cc(F)c(F)cc1F)C(CC(=O)O)c1coc([Si](C)(C)C)c1. The van der Waals surface area contributed by atoms with Crippen molar-refractivity contribution in [2.75, 3.05) is 0 Å². The van der Waals surface area contributed by atoms with Gasteiger partial charge in [-0.3, -0.25) is 4.79 Å². The number of halogens is 3. The normalized spacial score (nSPS) is 14.3. The fourth-order valence-corrected chi connectivity index (χ4v) is 4.17. The van der Waals surface area contributed by atoms with Gasteiger partial charge in [0.25, 0.3) is 0 Å². The lowest BCUT2D eigenvalue weighted by molar-refractivity contribution is -0.137. The Morgan fingerprint density at radius 2 is 1.69 bits per heavy atom. The number of hydrogen-bond acceptors (Lipinski definition) is 2. The molecule has 0 aliphatic heterocycles. The van der Waals surface area contributed by atoms with Gasteiger partial charge in [0, 0.05) is 12.0 Å². The molecular formula is C19H23F3O3Si. The van der Waals surface area contributed by atoms with Crippen molar-refractivity contribution >= 4 is 19.4 Å². The molecule has 1 heterocycles. The average molecular weight is 384 g/mol. The van der Waals surface area contributed by atoms with Crippen LogP contribution in [0.2, 0.25) is 19.6 Å². The van der Waals surface area contributed by atoms with Crippen molar-refractivity contribution in [1.29, 1.82) is 0 Å². The van der Waals surface area contributed by atoms with Gasteiger partial charge in [0.15, 0.2) is 11.6 Å². The summed E-state index contributed by atoms with van der Waals surface area (Å²) in [6.45, 7) is 8.04. The third-order valence-corrected chi connectivity index (χ3v) is 6.29. The maximum atomic E-state index is 14.3. The molecule has 0 bridgehead atoms. The van der Waals surface area contributed by atoms with Crippen molar-refractivity contribution < 1.29 is 27.5 Å². The summed E-state index contributed by atoms with van der Waals surface area (Å²) < 4.78 is 46.9. The Balaban J connectivity index is 2.52. The van der Waals surface area contributed by atoms with Gasteiger partial charge in [-0.15, -0.1) is 0 Å². The summed E-state index contributed by atoms with van der Waals surface area (Å²) in [4.78, 5) is 11.4. The van der Waals surface area contributed by atoms with E-state index < -0.39 is 43.3 Å². The van der Waals surface area contributed by atoms with Crippen LogP contribution in [0.5, 0.6) is 0 Å². The van der Waals surface area contributed by atoms with Crippen molar-refractivity contribution in [2.24, 2.45) is 0 Å². The molecule has 0 spiro atoms. The van der Waals surface area contributed by atoms with Gasteiger partial charge in [0.2, 0.25) is 0 Å². The molecule has 2 rings (SSSR count). The minimum atomic E-state index is -1.75. The van der Waals surface area contributed by atoms with E-state index in [1.54, 1.807) is 6.92 Å². The van der Waals surface area contributed by atoms with Crippen molar-refractivity contribution in [3.8, 4) is 0 Å². The minimum absolute atomic E-state index is 0.0200. The van der Waals surface area contributed by atoms with Gasteiger partial charge < -0.3 is 9.52 Å². The Kier molecular flexibility index (Phi) is 6.00. The molecule has 0 amide bonds. The van der Waals surface area contributed by atoms with Crippen LogP contribution in [-0.4, -0.2) is 19.1 Å². The first kappa shape index (κ1) is 20.3. The number of carbonyl (C=O) groups is 1. The Morgan fingerprint density at radius 1 is 1.08 bits per heavy atom. The highest BCUT2D eigenvalue weighted by Crippen LogP contribution is 2.39. The predicted octanol–water partition coefficient (Wildman–Crippen LogP) is 4.99. The molecule has 7 heteroatoms. The molecule has 0 radical (unpaired) electrons. The second-order valence-electron chi connectivity index (χ2n) is 7.50. The number of aliphatic carboxylic acids is 1. The Hall–Kier alpha value is -2.02. The fraction of sp³-hybridized carbons (Fsp3) is 0.421. The van der Waals surface area contributed by atoms with Gasteiger partial charge in [-0.1, -0.05) is 26.6 Å². The van der Waals surface area contributed by atoms with E-state index in [1.807, 2.05) is 6.07 Å². The maximum Gasteiger partial charge on any atom is 0.303 e. The zero-order valence-electron chi connectivity index (χ0n) is 15.3. The number of hydrogen-bond donors (Lipinski definition) is 1. The maximum absolute atomic E-state index is 14.3. The van der Waals surface area contributed by atoms with Crippen LogP contribution in [0.4, 0.5) is 13.2 Å². The molecule has 1 N–H and O–H groups in total. The van der Waals surface area contributed by atoms with E-state index in [-0.39, 0.29) is 12.0 Å². The minimum Gasteiger partial charge on any atom is -0.481 e. The van der Waals surface area contributed by atoms with Crippen LogP contribution >= 0.6 is 0 Å². The van der Waals surface area contributed by atoms with Crippen LogP contribution < -0.4 is 5.38 Å². The van der Waals surface area contributed by atoms with Gasteiger partial charge in [-0.25, -0.2) is 13.2 Å². The number of furan rings is 1. The summed E-state index contributed by atoms with van der Waals surface area (Å²) >= 11 is 0. The predicted molar refractivity (Wildman–Crippen MR) is 96.0 cm³/mol. The topological polar surface area (TPSA) is 50.4 Å². The fourth-order valence-electron chi connectivity index (χ4n) is 3.16. The molecule has 26 heavy (non-hydrogen) atoms. The zero-order chi connectivity index (χ0) is 19.6. The lowest BCUT2D eigenvalue weighted by Gasteiger charge is -2.25. The molecule has 2 atom stereocenters. The second kappa shape index (κ2) is 7.69. The average Bonchev–Trinajstić information content (AvgIpc) is 3.01. The summed E-state index contributed by atoms with van der Waals surface area (Å²) in [5.74, 6) is -5.56. The lowest BCUT2D eigenvalue weighted by atomic mass is 9.78. The monoisotopic (exact) mass is 384 g/mol. The number of carboxylic acids is 1. The Morgan fingerprint density at radius 3 is 2.19 bits per heavy atom. The third kappa shape index (κ3) is 4.38. The van der Waals surface area contributed by atoms with Gasteiger partial charge in [-0.2, -0.15) is 0 Å². The first-order valence-electron chi connectivity index (χ1n) is 8.49. The third-order valence-electron chi connectivity index (χ3n) is 4.55. The van der Waals surface area contributed by atoms with Crippen molar-refractivity contribution in [1.82, 2.24) is 0 Å². The van der Waals surface area contributed by atoms with E-state index in [4.69, 9.17) is 4.42 Å². The lowest BCUT2D eigenvalue weighted by Crippen LogP contribution is -2.36. The van der Waals surface area contributed by atoms with Crippen LogP contribution in [-0.2, 0) is 4.79 Å². The molecule has 0 saturated carbocycles. The van der Waals surface area contributed by atoms with E-state index in [0.29, 0.717) is 18.1 Å². The van der Waals surface area contributed by atoms with Gasteiger partial charge >= 0.3 is 5.97 Å². The summed E-state index contributed by atoms with van der Waals surface area (Å²) in [5, 5.41) is 10.1. The van der Waals surface area contributed by atoms with E-state index in [1.165, 1.54) is 6.26 Å². The summed E-state index contributed by atoms with van der Waals surface area (Å²) in [6, 6.07) is 3.15. The molecular weight excluding hydrogens is 361 g/mol. The van der Waals surface area contributed by atoms with E-state index in [9.17, 15) is 23.1 Å². The molecule has 1 aromatic carbocycles. The van der Waals surface area contributed by atoms with Crippen LogP contribution in [0.1, 0.15) is 42.7 Å². The second-order valence-corrected chi connectivity index (χ2v) is 12.5. The van der Waals surface area contributed by atoms with Crippen LogP contribution in [0, 0.1) is 17.5 Å². The highest BCUT2D eigenvalue weighted by molar-refractivity contribution is 6.87. The molecule has 2 aromatic rings. The number of carboxylic acid groups (broad SMARTS) is 1. The van der Waals surface area contributed by atoms with E-state index in [2.05, 4.69) is 19.6 Å². The number of benzene rings is 1. The summed E-state index contributed by atoms with van der Waals surface area (Å²) in [7, 11) is -1.75. The standard InChI is InChI=1S/C19H23F3O3Si/c1-5-12(14-7-16(21)17(22)9-15(14)20)13(8-18(23)24)11-6-19(25-10-11)26(2,3)4/h6-7,9-10,12-13H,5,8H2,1-4H3,(H,23,24). The highest BCUT2D eigenvalue weighted by atomic mass is 28.3. The van der Waals surface area contributed by atoms with Gasteiger partial charge in [0.1, 0.15) is 13.9 Å². The van der Waals surface area contributed by atoms with Crippen molar-refractivity contribution in [3.05, 3.63) is 53.0 Å². The Bertz CT molecular complexity index is 796. The first-order valence-corrected chi connectivity index (χ1v) is 12.0. The molecule has 0 fully saturated rings. The summed E-state index contributed by atoms with van der Waals surface area (Å²) in [5.41, 5.74) is 0.620. The molecule has 142 valence electrons. The van der Waals surface area contributed by atoms with Crippen molar-refractivity contribution in [2.45, 2.75) is 51.2 Å². The van der Waals surface area contributed by atoms with E-state index in [0.717, 1.165) is 11.4 Å². The smallest absolute Gasteiger partial charge is 0.303 e. The molecule has 0 aliphatic carbocycles. The summed E-state index contributed by atoms with van der Waals surface area (Å²) in [6.07, 6.45) is 1.61. The first-order chi connectivity index (χ1) is 12.0. The van der Waals surface area contributed by atoms with Gasteiger partial charge in [0.05, 0.1) is 18.1 Å². The van der Waals surface area contributed by atoms with Crippen molar-refractivity contribution in [3.63, 3.8) is 0 Å². The van der Waals surface area contributed by atoms with Crippen LogP contribution in [0.3, 0.4) is 0 Å². The number of rotatable bonds is 7. The molecule has 3 nitrogen and oxygen atoms in total. The van der Waals surface area contributed by atoms with E-state index >= 15 is 0 Å².